The molecule has 0 atom stereocenters. The Morgan fingerprint density at radius 3 is 2.46 bits per heavy atom. The van der Waals surface area contributed by atoms with Gasteiger partial charge in [0.15, 0.2) is 0 Å². The highest BCUT2D eigenvalue weighted by Gasteiger charge is 2.21. The molecule has 0 saturated heterocycles. The molecular formula is C16H11BrN4O2S. The van der Waals surface area contributed by atoms with Crippen molar-refractivity contribution in [1.82, 2.24) is 4.98 Å². The Labute approximate surface area is 151 Å². The minimum absolute atomic E-state index is 0.0106. The Morgan fingerprint density at radius 1 is 1.29 bits per heavy atom. The van der Waals surface area contributed by atoms with E-state index in [-0.39, 0.29) is 27.7 Å². The SMILES string of the molecule is COC(=O)CSc1nc(N)c(C#N)c(-c2ccc(Br)cc2)c1C#N. The highest BCUT2D eigenvalue weighted by atomic mass is 79.9. The van der Waals surface area contributed by atoms with Crippen molar-refractivity contribution >= 4 is 39.5 Å². The number of nitrogen functional groups attached to an aromatic ring is 1. The summed E-state index contributed by atoms with van der Waals surface area (Å²) in [7, 11) is 1.28. The molecule has 0 bridgehead atoms. The van der Waals surface area contributed by atoms with Crippen LogP contribution in [0.3, 0.4) is 0 Å². The number of rotatable bonds is 4. The molecule has 1 aromatic heterocycles. The highest BCUT2D eigenvalue weighted by molar-refractivity contribution is 9.10. The molecular weight excluding hydrogens is 392 g/mol. The molecule has 0 unspecified atom stereocenters. The number of carbonyl (C=O) groups excluding carboxylic acids is 1. The molecule has 0 aliphatic heterocycles. The van der Waals surface area contributed by atoms with Crippen molar-refractivity contribution in [2.45, 2.75) is 5.03 Å². The molecule has 120 valence electrons. The second-order valence-corrected chi connectivity index (χ2v) is 6.40. The second kappa shape index (κ2) is 7.82. The van der Waals surface area contributed by atoms with E-state index in [4.69, 9.17) is 5.73 Å². The van der Waals surface area contributed by atoms with Crippen LogP contribution >= 0.6 is 27.7 Å². The monoisotopic (exact) mass is 402 g/mol. The van der Waals surface area contributed by atoms with Gasteiger partial charge in [0.1, 0.15) is 28.5 Å². The number of nitrogens with zero attached hydrogens (tertiary/aromatic N) is 3. The molecule has 2 N–H and O–H groups in total. The van der Waals surface area contributed by atoms with Gasteiger partial charge in [-0.3, -0.25) is 4.79 Å². The maximum absolute atomic E-state index is 11.3. The Morgan fingerprint density at radius 2 is 1.92 bits per heavy atom. The van der Waals surface area contributed by atoms with Crippen LogP contribution in [0.1, 0.15) is 11.1 Å². The van der Waals surface area contributed by atoms with Crippen molar-refractivity contribution in [1.29, 1.82) is 10.5 Å². The van der Waals surface area contributed by atoms with E-state index in [0.717, 1.165) is 16.2 Å². The zero-order chi connectivity index (χ0) is 17.7. The molecule has 6 nitrogen and oxygen atoms in total. The fourth-order valence-corrected chi connectivity index (χ4v) is 3.09. The maximum Gasteiger partial charge on any atom is 0.316 e. The average Bonchev–Trinajstić information content (AvgIpc) is 2.59. The average molecular weight is 403 g/mol. The summed E-state index contributed by atoms with van der Waals surface area (Å²) in [6, 6.07) is 11.2. The molecule has 0 radical (unpaired) electrons. The van der Waals surface area contributed by atoms with Crippen LogP contribution < -0.4 is 5.73 Å². The summed E-state index contributed by atoms with van der Waals surface area (Å²) in [5, 5.41) is 19.3. The first kappa shape index (κ1) is 17.8. The molecule has 0 aliphatic carbocycles. The Balaban J connectivity index is 2.65. The number of aromatic nitrogens is 1. The molecule has 24 heavy (non-hydrogen) atoms. The number of hydrogen-bond acceptors (Lipinski definition) is 7. The van der Waals surface area contributed by atoms with Crippen molar-refractivity contribution in [2.75, 3.05) is 18.6 Å². The van der Waals surface area contributed by atoms with Crippen LogP contribution in [0.15, 0.2) is 33.8 Å². The number of benzene rings is 1. The predicted octanol–water partition coefficient (Wildman–Crippen LogP) is 3.10. The number of methoxy groups -OCH3 is 1. The molecule has 2 rings (SSSR count). The lowest BCUT2D eigenvalue weighted by atomic mass is 9.97. The van der Waals surface area contributed by atoms with Crippen LogP contribution in [0.2, 0.25) is 0 Å². The highest BCUT2D eigenvalue weighted by Crippen LogP contribution is 2.35. The summed E-state index contributed by atoms with van der Waals surface area (Å²) in [5.41, 5.74) is 7.30. The molecule has 8 heteroatoms. The normalized spacial score (nSPS) is 9.83. The lowest BCUT2D eigenvalue weighted by Gasteiger charge is -2.12. The number of nitriles is 2. The van der Waals surface area contributed by atoms with Crippen LogP contribution in [-0.4, -0.2) is 23.8 Å². The first-order chi connectivity index (χ1) is 11.5. The topological polar surface area (TPSA) is 113 Å². The van der Waals surface area contributed by atoms with Crippen LogP contribution in [0.5, 0.6) is 0 Å². The number of thioether (sulfide) groups is 1. The molecule has 1 aromatic carbocycles. The van der Waals surface area contributed by atoms with Crippen LogP contribution in [0.4, 0.5) is 5.82 Å². The van der Waals surface area contributed by atoms with Gasteiger partial charge < -0.3 is 10.5 Å². The molecule has 0 amide bonds. The first-order valence-electron chi connectivity index (χ1n) is 6.61. The van der Waals surface area contributed by atoms with E-state index >= 15 is 0 Å². The van der Waals surface area contributed by atoms with Crippen LogP contribution in [0, 0.1) is 22.7 Å². The number of ether oxygens (including phenoxy) is 1. The Kier molecular flexibility index (Phi) is 5.80. The minimum Gasteiger partial charge on any atom is -0.468 e. The largest absolute Gasteiger partial charge is 0.468 e. The van der Waals surface area contributed by atoms with Crippen molar-refractivity contribution in [3.05, 3.63) is 39.9 Å². The van der Waals surface area contributed by atoms with Gasteiger partial charge in [-0.25, -0.2) is 4.98 Å². The van der Waals surface area contributed by atoms with Crippen molar-refractivity contribution in [3.63, 3.8) is 0 Å². The first-order valence-corrected chi connectivity index (χ1v) is 8.38. The van der Waals surface area contributed by atoms with E-state index in [0.29, 0.717) is 11.1 Å². The van der Waals surface area contributed by atoms with Gasteiger partial charge in [0.05, 0.1) is 18.4 Å². The number of halogens is 1. The third-order valence-corrected chi connectivity index (χ3v) is 4.58. The predicted molar refractivity (Wildman–Crippen MR) is 94.0 cm³/mol. The standard InChI is InChI=1S/C16H11BrN4O2S/c1-23-13(22)8-24-16-12(7-19)14(11(6-18)15(20)21-16)9-2-4-10(17)5-3-9/h2-5H,8H2,1H3,(H2,20,21). The number of pyridine rings is 1. The van der Waals surface area contributed by atoms with Crippen LogP contribution in [-0.2, 0) is 9.53 Å². The summed E-state index contributed by atoms with van der Waals surface area (Å²) in [6.07, 6.45) is 0. The number of carbonyl (C=O) groups is 1. The van der Waals surface area contributed by atoms with E-state index < -0.39 is 5.97 Å². The van der Waals surface area contributed by atoms with Gasteiger partial charge in [0, 0.05) is 10.0 Å². The van der Waals surface area contributed by atoms with Crippen molar-refractivity contribution in [2.24, 2.45) is 0 Å². The second-order valence-electron chi connectivity index (χ2n) is 4.52. The molecule has 0 spiro atoms. The van der Waals surface area contributed by atoms with Gasteiger partial charge in [0.25, 0.3) is 0 Å². The van der Waals surface area contributed by atoms with Gasteiger partial charge >= 0.3 is 5.97 Å². The number of anilines is 1. The van der Waals surface area contributed by atoms with Crippen LogP contribution in [0.25, 0.3) is 11.1 Å². The van der Waals surface area contributed by atoms with E-state index in [1.54, 1.807) is 24.3 Å². The Hall–Kier alpha value is -2.55. The van der Waals surface area contributed by atoms with Gasteiger partial charge in [-0.05, 0) is 17.7 Å². The zero-order valence-electron chi connectivity index (χ0n) is 12.5. The molecule has 0 saturated carbocycles. The summed E-state index contributed by atoms with van der Waals surface area (Å²) in [5.74, 6) is -0.441. The molecule has 0 fully saturated rings. The molecule has 1 heterocycles. The number of hydrogen-bond donors (Lipinski definition) is 1. The fraction of sp³-hybridized carbons (Fsp3) is 0.125. The smallest absolute Gasteiger partial charge is 0.316 e. The van der Waals surface area contributed by atoms with Gasteiger partial charge in [-0.15, -0.1) is 0 Å². The Bertz CT molecular complexity index is 870. The quantitative estimate of drug-likeness (QED) is 0.617. The fourth-order valence-electron chi connectivity index (χ4n) is 1.99. The van der Waals surface area contributed by atoms with Crippen molar-refractivity contribution < 1.29 is 9.53 Å². The maximum atomic E-state index is 11.3. The lowest BCUT2D eigenvalue weighted by molar-refractivity contribution is -0.137. The molecule has 2 aromatic rings. The van der Waals surface area contributed by atoms with Gasteiger partial charge in [-0.1, -0.05) is 39.8 Å². The van der Waals surface area contributed by atoms with Gasteiger partial charge in [-0.2, -0.15) is 10.5 Å². The summed E-state index contributed by atoms with van der Waals surface area (Å²) in [4.78, 5) is 15.4. The number of nitrogens with two attached hydrogens (primary N) is 1. The zero-order valence-corrected chi connectivity index (χ0v) is 14.9. The van der Waals surface area contributed by atoms with E-state index in [2.05, 4.69) is 31.7 Å². The van der Waals surface area contributed by atoms with Gasteiger partial charge in [0.2, 0.25) is 0 Å². The third kappa shape index (κ3) is 3.67. The molecule has 0 aliphatic rings. The van der Waals surface area contributed by atoms with E-state index in [1.165, 1.54) is 7.11 Å². The number of esters is 1. The summed E-state index contributed by atoms with van der Waals surface area (Å²) in [6.45, 7) is 0. The third-order valence-electron chi connectivity index (χ3n) is 3.10. The lowest BCUT2D eigenvalue weighted by Crippen LogP contribution is -2.07. The summed E-state index contributed by atoms with van der Waals surface area (Å²) < 4.78 is 5.46. The van der Waals surface area contributed by atoms with E-state index in [1.807, 2.05) is 6.07 Å². The van der Waals surface area contributed by atoms with Crippen molar-refractivity contribution in [3.8, 4) is 23.3 Å². The minimum atomic E-state index is -0.446. The van der Waals surface area contributed by atoms with E-state index in [9.17, 15) is 15.3 Å². The summed E-state index contributed by atoms with van der Waals surface area (Å²) >= 11 is 4.39.